The first-order valence-corrected chi connectivity index (χ1v) is 4.65. The third kappa shape index (κ3) is 2.02. The van der Waals surface area contributed by atoms with Gasteiger partial charge in [0, 0.05) is 0 Å². The summed E-state index contributed by atoms with van der Waals surface area (Å²) in [5, 5.41) is 3.12. The predicted octanol–water partition coefficient (Wildman–Crippen LogP) is 2.97. The van der Waals surface area contributed by atoms with Gasteiger partial charge in [0.15, 0.2) is 0 Å². The Hall–Kier alpha value is -1.15. The van der Waals surface area contributed by atoms with E-state index in [9.17, 15) is 4.39 Å². The molecule has 0 aliphatic rings. The molecule has 14 heavy (non-hydrogen) atoms. The standard InChI is InChI=1S/C12H16FN/c1-8(2)12(14-4)10-6-5-7-11(13)9(10)3/h5-7,12,14H,1H2,2-4H3. The number of hydrogen-bond acceptors (Lipinski definition) is 1. The van der Waals surface area contributed by atoms with Crippen molar-refractivity contribution in [3.05, 3.63) is 47.3 Å². The van der Waals surface area contributed by atoms with Crippen molar-refractivity contribution in [3.63, 3.8) is 0 Å². The summed E-state index contributed by atoms with van der Waals surface area (Å²) in [6.45, 7) is 7.61. The third-order valence-corrected chi connectivity index (χ3v) is 2.40. The molecule has 1 rings (SSSR count). The van der Waals surface area contributed by atoms with Gasteiger partial charge < -0.3 is 5.32 Å². The molecule has 0 amide bonds. The monoisotopic (exact) mass is 193 g/mol. The predicted molar refractivity (Wildman–Crippen MR) is 57.8 cm³/mol. The molecule has 0 heterocycles. The molecule has 76 valence electrons. The van der Waals surface area contributed by atoms with Crippen molar-refractivity contribution >= 4 is 0 Å². The Bertz CT molecular complexity index is 344. The van der Waals surface area contributed by atoms with E-state index in [4.69, 9.17) is 0 Å². The number of nitrogens with one attached hydrogen (secondary N) is 1. The van der Waals surface area contributed by atoms with Gasteiger partial charge in [-0.3, -0.25) is 0 Å². The topological polar surface area (TPSA) is 12.0 Å². The van der Waals surface area contributed by atoms with Gasteiger partial charge >= 0.3 is 0 Å². The molecule has 0 bridgehead atoms. The Morgan fingerprint density at radius 1 is 1.50 bits per heavy atom. The fourth-order valence-electron chi connectivity index (χ4n) is 1.60. The molecule has 1 N–H and O–H groups in total. The highest BCUT2D eigenvalue weighted by Crippen LogP contribution is 2.24. The Morgan fingerprint density at radius 2 is 2.14 bits per heavy atom. The minimum absolute atomic E-state index is 0.0331. The van der Waals surface area contributed by atoms with Crippen molar-refractivity contribution in [1.29, 1.82) is 0 Å². The maximum atomic E-state index is 13.3. The molecule has 0 aromatic heterocycles. The zero-order valence-corrected chi connectivity index (χ0v) is 8.89. The van der Waals surface area contributed by atoms with Crippen molar-refractivity contribution in [2.45, 2.75) is 19.9 Å². The van der Waals surface area contributed by atoms with E-state index >= 15 is 0 Å². The first-order valence-electron chi connectivity index (χ1n) is 4.65. The smallest absolute Gasteiger partial charge is 0.126 e. The van der Waals surface area contributed by atoms with E-state index in [-0.39, 0.29) is 11.9 Å². The molecule has 0 saturated heterocycles. The molecule has 1 atom stereocenters. The Morgan fingerprint density at radius 3 is 2.64 bits per heavy atom. The van der Waals surface area contributed by atoms with Gasteiger partial charge in [-0.25, -0.2) is 4.39 Å². The van der Waals surface area contributed by atoms with Crippen LogP contribution in [0.4, 0.5) is 4.39 Å². The molecule has 0 saturated carbocycles. The summed E-state index contributed by atoms with van der Waals surface area (Å²) in [5.74, 6) is -0.163. The lowest BCUT2D eigenvalue weighted by Gasteiger charge is -2.19. The normalized spacial score (nSPS) is 12.6. The molecule has 1 nitrogen and oxygen atoms in total. The van der Waals surface area contributed by atoms with Gasteiger partial charge in [-0.1, -0.05) is 24.3 Å². The van der Waals surface area contributed by atoms with E-state index in [0.717, 1.165) is 11.1 Å². The summed E-state index contributed by atoms with van der Waals surface area (Å²) >= 11 is 0. The first kappa shape index (κ1) is 10.9. The van der Waals surface area contributed by atoms with E-state index in [0.29, 0.717) is 5.56 Å². The van der Waals surface area contributed by atoms with Crippen molar-refractivity contribution in [2.75, 3.05) is 7.05 Å². The van der Waals surface area contributed by atoms with Gasteiger partial charge in [0.05, 0.1) is 6.04 Å². The fourth-order valence-corrected chi connectivity index (χ4v) is 1.60. The molecule has 0 radical (unpaired) electrons. The SMILES string of the molecule is C=C(C)C(NC)c1cccc(F)c1C. The van der Waals surface area contributed by atoms with Crippen LogP contribution in [-0.4, -0.2) is 7.05 Å². The number of rotatable bonds is 3. The van der Waals surface area contributed by atoms with E-state index in [2.05, 4.69) is 11.9 Å². The summed E-state index contributed by atoms with van der Waals surface area (Å²) in [4.78, 5) is 0. The van der Waals surface area contributed by atoms with Crippen LogP contribution in [0.1, 0.15) is 24.1 Å². The molecule has 0 aliphatic carbocycles. The minimum atomic E-state index is -0.163. The van der Waals surface area contributed by atoms with Crippen LogP contribution in [0.15, 0.2) is 30.4 Å². The second kappa shape index (κ2) is 4.38. The van der Waals surface area contributed by atoms with Gasteiger partial charge in [0.25, 0.3) is 0 Å². The van der Waals surface area contributed by atoms with Gasteiger partial charge in [-0.2, -0.15) is 0 Å². The van der Waals surface area contributed by atoms with E-state index in [1.165, 1.54) is 6.07 Å². The van der Waals surface area contributed by atoms with Crippen molar-refractivity contribution in [3.8, 4) is 0 Å². The molecule has 2 heteroatoms. The maximum Gasteiger partial charge on any atom is 0.126 e. The lowest BCUT2D eigenvalue weighted by molar-refractivity contribution is 0.603. The fraction of sp³-hybridized carbons (Fsp3) is 0.333. The highest BCUT2D eigenvalue weighted by atomic mass is 19.1. The molecule has 1 aromatic carbocycles. The van der Waals surface area contributed by atoms with Crippen molar-refractivity contribution in [1.82, 2.24) is 5.32 Å². The minimum Gasteiger partial charge on any atom is -0.310 e. The molecule has 0 spiro atoms. The average Bonchev–Trinajstić information content (AvgIpc) is 2.13. The summed E-state index contributed by atoms with van der Waals surface area (Å²) in [6, 6.07) is 5.16. The average molecular weight is 193 g/mol. The maximum absolute atomic E-state index is 13.3. The number of benzene rings is 1. The largest absolute Gasteiger partial charge is 0.310 e. The van der Waals surface area contributed by atoms with Crippen LogP contribution in [0.2, 0.25) is 0 Å². The summed E-state index contributed by atoms with van der Waals surface area (Å²) in [5.41, 5.74) is 2.64. The number of halogens is 1. The Labute approximate surface area is 84.6 Å². The highest BCUT2D eigenvalue weighted by Gasteiger charge is 2.13. The number of hydrogen-bond donors (Lipinski definition) is 1. The van der Waals surface area contributed by atoms with Crippen LogP contribution in [0.3, 0.4) is 0 Å². The van der Waals surface area contributed by atoms with E-state index < -0.39 is 0 Å². The van der Waals surface area contributed by atoms with Crippen LogP contribution in [0.25, 0.3) is 0 Å². The van der Waals surface area contributed by atoms with Gasteiger partial charge in [0.1, 0.15) is 5.82 Å². The highest BCUT2D eigenvalue weighted by molar-refractivity contribution is 5.34. The summed E-state index contributed by atoms with van der Waals surface area (Å²) in [6.07, 6.45) is 0. The molecule has 0 aliphatic heterocycles. The quantitative estimate of drug-likeness (QED) is 0.728. The Kier molecular flexibility index (Phi) is 3.42. The summed E-state index contributed by atoms with van der Waals surface area (Å²) in [7, 11) is 1.85. The molecule has 1 aromatic rings. The van der Waals surface area contributed by atoms with Crippen molar-refractivity contribution in [2.24, 2.45) is 0 Å². The van der Waals surface area contributed by atoms with Crippen LogP contribution >= 0.6 is 0 Å². The lowest BCUT2D eigenvalue weighted by Crippen LogP contribution is -2.18. The zero-order valence-electron chi connectivity index (χ0n) is 8.89. The van der Waals surface area contributed by atoms with Crippen LogP contribution in [-0.2, 0) is 0 Å². The number of likely N-dealkylation sites (N-methyl/N-ethyl adjacent to an activating group) is 1. The first-order chi connectivity index (χ1) is 6.57. The second-order valence-electron chi connectivity index (χ2n) is 3.52. The molecule has 0 fully saturated rings. The summed E-state index contributed by atoms with van der Waals surface area (Å²) < 4.78 is 13.3. The lowest BCUT2D eigenvalue weighted by atomic mass is 9.96. The van der Waals surface area contributed by atoms with Gasteiger partial charge in [0.2, 0.25) is 0 Å². The molecule has 1 unspecified atom stereocenters. The zero-order chi connectivity index (χ0) is 10.7. The second-order valence-corrected chi connectivity index (χ2v) is 3.52. The van der Waals surface area contributed by atoms with E-state index in [1.54, 1.807) is 13.0 Å². The molecular weight excluding hydrogens is 177 g/mol. The third-order valence-electron chi connectivity index (χ3n) is 2.40. The molecular formula is C12H16FN. The van der Waals surface area contributed by atoms with Crippen LogP contribution in [0, 0.1) is 12.7 Å². The van der Waals surface area contributed by atoms with Gasteiger partial charge in [-0.15, -0.1) is 0 Å². The Balaban J connectivity index is 3.16. The van der Waals surface area contributed by atoms with Crippen molar-refractivity contribution < 1.29 is 4.39 Å². The van der Waals surface area contributed by atoms with E-state index in [1.807, 2.05) is 20.0 Å². The van der Waals surface area contributed by atoms with Gasteiger partial charge in [-0.05, 0) is 38.1 Å². The van der Waals surface area contributed by atoms with Crippen LogP contribution in [0.5, 0.6) is 0 Å². The van der Waals surface area contributed by atoms with Crippen LogP contribution < -0.4 is 5.32 Å².